The third-order valence-corrected chi connectivity index (χ3v) is 5.97. The number of fused-ring (bicyclic) bond motifs is 1. The van der Waals surface area contributed by atoms with Gasteiger partial charge >= 0.3 is 0 Å². The normalized spacial score (nSPS) is 21.7. The number of aliphatic hydroxyl groups excluding tert-OH is 1. The minimum atomic E-state index is -0.347. The summed E-state index contributed by atoms with van der Waals surface area (Å²) >= 11 is 0. The Morgan fingerprint density at radius 2 is 1.85 bits per heavy atom. The summed E-state index contributed by atoms with van der Waals surface area (Å²) in [6, 6.07) is 7.90. The minimum absolute atomic E-state index is 0.0491. The molecule has 0 radical (unpaired) electrons. The summed E-state index contributed by atoms with van der Waals surface area (Å²) < 4.78 is 1.68. The third kappa shape index (κ3) is 3.56. The van der Waals surface area contributed by atoms with Crippen LogP contribution >= 0.6 is 0 Å². The van der Waals surface area contributed by atoms with Crippen molar-refractivity contribution >= 4 is 11.6 Å². The van der Waals surface area contributed by atoms with Crippen LogP contribution in [0.1, 0.15) is 65.2 Å². The molecule has 1 aromatic carbocycles. The molecule has 1 amide bonds. The van der Waals surface area contributed by atoms with E-state index in [2.05, 4.69) is 11.4 Å². The molecule has 5 nitrogen and oxygen atoms in total. The number of aromatic nitrogens is 1. The number of amides is 1. The zero-order valence-corrected chi connectivity index (χ0v) is 15.7. The highest BCUT2D eigenvalue weighted by Gasteiger charge is 2.24. The van der Waals surface area contributed by atoms with Crippen LogP contribution < -0.4 is 10.9 Å². The number of nitrogens with one attached hydrogen (secondary N) is 1. The van der Waals surface area contributed by atoms with E-state index in [1.807, 2.05) is 18.2 Å². The van der Waals surface area contributed by atoms with Crippen molar-refractivity contribution < 1.29 is 9.90 Å². The number of pyridine rings is 1. The maximum Gasteiger partial charge on any atom is 0.263 e. The molecule has 1 fully saturated rings. The number of carbonyl (C=O) groups is 1. The van der Waals surface area contributed by atoms with Crippen LogP contribution in [0.3, 0.4) is 0 Å². The van der Waals surface area contributed by atoms with Crippen molar-refractivity contribution in [2.75, 3.05) is 5.32 Å². The molecule has 0 bridgehead atoms. The van der Waals surface area contributed by atoms with E-state index >= 15 is 0 Å². The zero-order chi connectivity index (χ0) is 19.0. The van der Waals surface area contributed by atoms with Crippen LogP contribution in [0.5, 0.6) is 0 Å². The molecule has 2 aliphatic carbocycles. The Morgan fingerprint density at radius 3 is 2.63 bits per heavy atom. The van der Waals surface area contributed by atoms with E-state index in [4.69, 9.17) is 0 Å². The number of benzene rings is 1. The number of hydrogen-bond donors (Lipinski definition) is 2. The van der Waals surface area contributed by atoms with Crippen LogP contribution in [-0.4, -0.2) is 21.7 Å². The number of aryl methyl sites for hydroxylation is 3. The van der Waals surface area contributed by atoms with Crippen LogP contribution in [0.4, 0.5) is 5.69 Å². The fourth-order valence-electron chi connectivity index (χ4n) is 4.38. The quantitative estimate of drug-likeness (QED) is 0.875. The molecule has 5 heteroatoms. The highest BCUT2D eigenvalue weighted by Crippen LogP contribution is 2.28. The van der Waals surface area contributed by atoms with Gasteiger partial charge in [0.05, 0.1) is 6.10 Å². The van der Waals surface area contributed by atoms with Gasteiger partial charge < -0.3 is 15.0 Å². The van der Waals surface area contributed by atoms with Gasteiger partial charge in [-0.2, -0.15) is 0 Å². The Kier molecular flexibility index (Phi) is 4.87. The van der Waals surface area contributed by atoms with Gasteiger partial charge in [0, 0.05) is 17.9 Å². The molecule has 0 aliphatic heterocycles. The summed E-state index contributed by atoms with van der Waals surface area (Å²) in [6.45, 7) is 1.80. The van der Waals surface area contributed by atoms with E-state index in [0.29, 0.717) is 18.4 Å². The minimum Gasteiger partial charge on any atom is -0.393 e. The summed E-state index contributed by atoms with van der Waals surface area (Å²) in [5.74, 6) is -0.347. The Morgan fingerprint density at radius 1 is 1.11 bits per heavy atom. The molecule has 0 unspecified atom stereocenters. The Hall–Kier alpha value is -2.40. The second kappa shape index (κ2) is 7.31. The van der Waals surface area contributed by atoms with Crippen LogP contribution in [0.15, 0.2) is 35.3 Å². The lowest BCUT2D eigenvalue weighted by Crippen LogP contribution is -2.34. The van der Waals surface area contributed by atoms with E-state index in [-0.39, 0.29) is 29.2 Å². The molecule has 1 aromatic heterocycles. The van der Waals surface area contributed by atoms with E-state index in [9.17, 15) is 14.7 Å². The lowest BCUT2D eigenvalue weighted by atomic mass is 9.92. The molecule has 0 saturated heterocycles. The molecule has 0 atom stereocenters. The molecule has 1 saturated carbocycles. The number of aliphatic hydroxyl groups is 1. The van der Waals surface area contributed by atoms with Crippen LogP contribution in [0.2, 0.25) is 0 Å². The fourth-order valence-corrected chi connectivity index (χ4v) is 4.38. The second-order valence-electron chi connectivity index (χ2n) is 7.84. The summed E-state index contributed by atoms with van der Waals surface area (Å²) in [4.78, 5) is 25.9. The average molecular weight is 366 g/mol. The van der Waals surface area contributed by atoms with E-state index in [1.165, 1.54) is 11.1 Å². The van der Waals surface area contributed by atoms with Gasteiger partial charge in [-0.25, -0.2) is 0 Å². The van der Waals surface area contributed by atoms with Crippen molar-refractivity contribution in [2.45, 2.75) is 64.0 Å². The largest absolute Gasteiger partial charge is 0.393 e. The molecule has 27 heavy (non-hydrogen) atoms. The van der Waals surface area contributed by atoms with Crippen molar-refractivity contribution in [2.24, 2.45) is 0 Å². The highest BCUT2D eigenvalue weighted by molar-refractivity contribution is 6.05. The number of hydrogen-bond acceptors (Lipinski definition) is 3. The van der Waals surface area contributed by atoms with Crippen molar-refractivity contribution in [3.8, 4) is 0 Å². The molecule has 2 N–H and O–H groups in total. The predicted molar refractivity (Wildman–Crippen MR) is 105 cm³/mol. The summed E-state index contributed by atoms with van der Waals surface area (Å²) in [7, 11) is 0. The van der Waals surface area contributed by atoms with Crippen molar-refractivity contribution in [3.05, 3.63) is 63.1 Å². The van der Waals surface area contributed by atoms with E-state index in [1.54, 1.807) is 17.7 Å². The summed E-state index contributed by atoms with van der Waals surface area (Å²) in [6.07, 6.45) is 7.73. The molecule has 142 valence electrons. The smallest absolute Gasteiger partial charge is 0.263 e. The lowest BCUT2D eigenvalue weighted by molar-refractivity contribution is 0.101. The van der Waals surface area contributed by atoms with Gasteiger partial charge in [-0.05, 0) is 86.8 Å². The first-order valence-electron chi connectivity index (χ1n) is 9.86. The molecular weight excluding hydrogens is 340 g/mol. The van der Waals surface area contributed by atoms with E-state index in [0.717, 1.165) is 37.8 Å². The number of anilines is 1. The van der Waals surface area contributed by atoms with Gasteiger partial charge in [-0.3, -0.25) is 9.59 Å². The van der Waals surface area contributed by atoms with Gasteiger partial charge in [0.25, 0.3) is 11.5 Å². The number of rotatable bonds is 3. The topological polar surface area (TPSA) is 71.3 Å². The number of carbonyl (C=O) groups excluding carboxylic acids is 1. The Bertz CT molecular complexity index is 924. The zero-order valence-electron chi connectivity index (χ0n) is 15.7. The van der Waals surface area contributed by atoms with E-state index < -0.39 is 0 Å². The Balaban J connectivity index is 1.60. The molecule has 1 heterocycles. The van der Waals surface area contributed by atoms with Crippen LogP contribution in [-0.2, 0) is 12.8 Å². The number of nitrogens with zero attached hydrogens (tertiary/aromatic N) is 1. The maximum absolute atomic E-state index is 13.0. The molecule has 2 aromatic rings. The molecule has 4 rings (SSSR count). The standard InChI is InChI=1S/C22H26N2O3/c1-14-11-12-24(18-7-9-19(25)10-8-18)22(27)20(14)21(26)23-17-6-5-15-3-2-4-16(15)13-17/h5-6,11-13,18-19,25H,2-4,7-10H2,1H3,(H,23,26). The van der Waals surface area contributed by atoms with Crippen LogP contribution in [0, 0.1) is 6.92 Å². The SMILES string of the molecule is Cc1ccn(C2CCC(O)CC2)c(=O)c1C(=O)Nc1ccc2c(c1)CCC2. The molecular formula is C22H26N2O3. The van der Waals surface area contributed by atoms with Gasteiger partial charge in [0.2, 0.25) is 0 Å². The van der Waals surface area contributed by atoms with Gasteiger partial charge in [-0.15, -0.1) is 0 Å². The third-order valence-electron chi connectivity index (χ3n) is 5.97. The van der Waals surface area contributed by atoms with Gasteiger partial charge in [0.1, 0.15) is 5.56 Å². The monoisotopic (exact) mass is 366 g/mol. The highest BCUT2D eigenvalue weighted by atomic mass is 16.3. The molecule has 2 aliphatic rings. The Labute approximate surface area is 159 Å². The van der Waals surface area contributed by atoms with Crippen molar-refractivity contribution in [1.29, 1.82) is 0 Å². The average Bonchev–Trinajstić information content (AvgIpc) is 3.11. The van der Waals surface area contributed by atoms with Gasteiger partial charge in [0.15, 0.2) is 0 Å². The maximum atomic E-state index is 13.0. The molecule has 0 spiro atoms. The first-order valence-corrected chi connectivity index (χ1v) is 9.86. The summed E-state index contributed by atoms with van der Waals surface area (Å²) in [5.41, 5.74) is 4.04. The second-order valence-corrected chi connectivity index (χ2v) is 7.84. The van der Waals surface area contributed by atoms with Crippen molar-refractivity contribution in [3.63, 3.8) is 0 Å². The first-order chi connectivity index (χ1) is 13.0. The predicted octanol–water partition coefficient (Wildman–Crippen LogP) is 3.37. The lowest BCUT2D eigenvalue weighted by Gasteiger charge is -2.27. The van der Waals surface area contributed by atoms with Crippen LogP contribution in [0.25, 0.3) is 0 Å². The van der Waals surface area contributed by atoms with Crippen molar-refractivity contribution in [1.82, 2.24) is 4.57 Å². The first kappa shape index (κ1) is 18.0. The van der Waals surface area contributed by atoms with Gasteiger partial charge in [-0.1, -0.05) is 6.07 Å². The summed E-state index contributed by atoms with van der Waals surface area (Å²) in [5, 5.41) is 12.6. The fraction of sp³-hybridized carbons (Fsp3) is 0.455.